The van der Waals surface area contributed by atoms with Crippen LogP contribution in [0.2, 0.25) is 0 Å². The lowest BCUT2D eigenvalue weighted by molar-refractivity contribution is -0.129. The number of hydrogen-bond donors (Lipinski definition) is 0. The van der Waals surface area contributed by atoms with Crippen LogP contribution in [0, 0.1) is 5.92 Å². The minimum absolute atomic E-state index is 0.0653. The number of carbonyl (C=O) groups excluding carboxylic acids is 1. The van der Waals surface area contributed by atoms with Crippen LogP contribution in [0.25, 0.3) is 0 Å². The number of aryl methyl sites for hydroxylation is 1. The summed E-state index contributed by atoms with van der Waals surface area (Å²) in [6.07, 6.45) is 5.34. The van der Waals surface area contributed by atoms with Crippen LogP contribution in [0.4, 0.5) is 0 Å². The van der Waals surface area contributed by atoms with Gasteiger partial charge in [-0.2, -0.15) is 4.98 Å². The fraction of sp³-hybridized carbons (Fsp3) is 0.591. The van der Waals surface area contributed by atoms with Gasteiger partial charge in [-0.15, -0.1) is 0 Å². The first-order valence-corrected chi connectivity index (χ1v) is 12.5. The van der Waals surface area contributed by atoms with Crippen molar-refractivity contribution in [1.29, 1.82) is 0 Å². The van der Waals surface area contributed by atoms with Gasteiger partial charge in [0.2, 0.25) is 11.8 Å². The molecule has 1 saturated heterocycles. The quantitative estimate of drug-likeness (QED) is 0.602. The molecule has 1 amide bonds. The first kappa shape index (κ1) is 22.5. The lowest BCUT2D eigenvalue weighted by atomic mass is 9.90. The number of amides is 1. The number of benzene rings is 1. The number of sulfone groups is 1. The SMILES string of the molecule is CCCCc1noc(C(C)S(=O)(=O)CC(=O)N2CCC(Cc3ccccc3)CC2)n1. The predicted octanol–water partition coefficient (Wildman–Crippen LogP) is 3.37. The molecule has 1 aromatic carbocycles. The van der Waals surface area contributed by atoms with Gasteiger partial charge in [-0.3, -0.25) is 4.79 Å². The summed E-state index contributed by atoms with van der Waals surface area (Å²) in [6, 6.07) is 10.3. The third-order valence-electron chi connectivity index (χ3n) is 5.78. The van der Waals surface area contributed by atoms with Gasteiger partial charge in [0.15, 0.2) is 15.7 Å². The molecule has 3 rings (SSSR count). The second-order valence-corrected chi connectivity index (χ2v) is 10.4. The highest BCUT2D eigenvalue weighted by atomic mass is 32.2. The lowest BCUT2D eigenvalue weighted by Gasteiger charge is -2.32. The molecule has 7 nitrogen and oxygen atoms in total. The van der Waals surface area contributed by atoms with Crippen molar-refractivity contribution in [2.24, 2.45) is 5.92 Å². The van der Waals surface area contributed by atoms with E-state index in [-0.39, 0.29) is 11.8 Å². The third-order valence-corrected chi connectivity index (χ3v) is 7.71. The average Bonchev–Trinajstić information content (AvgIpc) is 3.21. The number of rotatable bonds is 9. The van der Waals surface area contributed by atoms with Crippen molar-refractivity contribution in [3.8, 4) is 0 Å². The monoisotopic (exact) mass is 433 g/mol. The molecule has 0 bridgehead atoms. The summed E-state index contributed by atoms with van der Waals surface area (Å²) in [5, 5.41) is 2.87. The molecule has 2 heterocycles. The Bertz CT molecular complexity index is 919. The molecule has 2 aromatic rings. The van der Waals surface area contributed by atoms with Gasteiger partial charge in [-0.05, 0) is 44.1 Å². The molecule has 1 aromatic heterocycles. The third kappa shape index (κ3) is 5.90. The Hall–Kier alpha value is -2.22. The Morgan fingerprint density at radius 2 is 1.93 bits per heavy atom. The summed E-state index contributed by atoms with van der Waals surface area (Å²) in [4.78, 5) is 18.5. The van der Waals surface area contributed by atoms with E-state index in [1.807, 2.05) is 18.2 Å². The van der Waals surface area contributed by atoms with Crippen LogP contribution in [0.15, 0.2) is 34.9 Å². The summed E-state index contributed by atoms with van der Waals surface area (Å²) < 4.78 is 30.6. The number of aromatic nitrogens is 2. The van der Waals surface area contributed by atoms with E-state index in [0.717, 1.165) is 32.1 Å². The molecule has 1 aliphatic rings. The van der Waals surface area contributed by atoms with E-state index in [2.05, 4.69) is 29.2 Å². The van der Waals surface area contributed by atoms with Crippen LogP contribution in [-0.2, 0) is 27.5 Å². The zero-order chi connectivity index (χ0) is 21.6. The summed E-state index contributed by atoms with van der Waals surface area (Å²) >= 11 is 0. The Morgan fingerprint density at radius 3 is 2.60 bits per heavy atom. The van der Waals surface area contributed by atoms with E-state index in [9.17, 15) is 13.2 Å². The Labute approximate surface area is 178 Å². The second kappa shape index (κ2) is 10.2. The molecule has 0 saturated carbocycles. The van der Waals surface area contributed by atoms with Crippen molar-refractivity contribution in [2.75, 3.05) is 18.8 Å². The smallest absolute Gasteiger partial charge is 0.244 e. The molecule has 1 fully saturated rings. The zero-order valence-corrected chi connectivity index (χ0v) is 18.6. The van der Waals surface area contributed by atoms with E-state index in [4.69, 9.17) is 4.52 Å². The lowest BCUT2D eigenvalue weighted by Crippen LogP contribution is -2.42. The van der Waals surface area contributed by atoms with Gasteiger partial charge >= 0.3 is 0 Å². The average molecular weight is 434 g/mol. The zero-order valence-electron chi connectivity index (χ0n) is 17.8. The van der Waals surface area contributed by atoms with Crippen LogP contribution in [0.1, 0.15) is 62.1 Å². The largest absolute Gasteiger partial charge is 0.342 e. The highest BCUT2D eigenvalue weighted by Crippen LogP contribution is 2.24. The number of piperidine rings is 1. The van der Waals surface area contributed by atoms with E-state index in [1.54, 1.807) is 4.90 Å². The van der Waals surface area contributed by atoms with Crippen molar-refractivity contribution in [3.05, 3.63) is 47.6 Å². The maximum atomic E-state index is 12.7. The summed E-state index contributed by atoms with van der Waals surface area (Å²) in [5.41, 5.74) is 1.30. The molecule has 30 heavy (non-hydrogen) atoms. The summed E-state index contributed by atoms with van der Waals surface area (Å²) in [6.45, 7) is 4.76. The first-order chi connectivity index (χ1) is 14.4. The van der Waals surface area contributed by atoms with Gasteiger partial charge in [0.25, 0.3) is 0 Å². The minimum Gasteiger partial charge on any atom is -0.342 e. The van der Waals surface area contributed by atoms with Crippen LogP contribution in [0.3, 0.4) is 0 Å². The molecule has 0 spiro atoms. The van der Waals surface area contributed by atoms with Crippen LogP contribution in [0.5, 0.6) is 0 Å². The molecule has 1 atom stereocenters. The van der Waals surface area contributed by atoms with E-state index < -0.39 is 20.8 Å². The molecule has 0 aliphatic carbocycles. The molecular formula is C22H31N3O4S. The van der Waals surface area contributed by atoms with Crippen molar-refractivity contribution in [3.63, 3.8) is 0 Å². The predicted molar refractivity (Wildman–Crippen MR) is 115 cm³/mol. The first-order valence-electron chi connectivity index (χ1n) is 10.7. The number of likely N-dealkylation sites (tertiary alicyclic amines) is 1. The number of nitrogens with zero attached hydrogens (tertiary/aromatic N) is 3. The van der Waals surface area contributed by atoms with Gasteiger partial charge in [-0.25, -0.2) is 8.42 Å². The maximum absolute atomic E-state index is 12.7. The van der Waals surface area contributed by atoms with E-state index >= 15 is 0 Å². The fourth-order valence-electron chi connectivity index (χ4n) is 3.74. The normalized spacial score (nSPS) is 16.5. The molecule has 1 unspecified atom stereocenters. The molecule has 1 aliphatic heterocycles. The Morgan fingerprint density at radius 1 is 1.23 bits per heavy atom. The number of hydrogen-bond acceptors (Lipinski definition) is 6. The van der Waals surface area contributed by atoms with Crippen LogP contribution >= 0.6 is 0 Å². The molecule has 164 valence electrons. The van der Waals surface area contributed by atoms with Crippen LogP contribution < -0.4 is 0 Å². The van der Waals surface area contributed by atoms with E-state index in [1.165, 1.54) is 12.5 Å². The molecule has 0 N–H and O–H groups in total. The van der Waals surface area contributed by atoms with Crippen molar-refractivity contribution in [1.82, 2.24) is 15.0 Å². The summed E-state index contributed by atoms with van der Waals surface area (Å²) in [7, 11) is -3.72. The van der Waals surface area contributed by atoms with Crippen molar-refractivity contribution < 1.29 is 17.7 Å². The Balaban J connectivity index is 1.51. The highest BCUT2D eigenvalue weighted by Gasteiger charge is 2.33. The molecule has 0 radical (unpaired) electrons. The maximum Gasteiger partial charge on any atom is 0.244 e. The van der Waals surface area contributed by atoms with Gasteiger partial charge in [0, 0.05) is 19.5 Å². The summed E-state index contributed by atoms with van der Waals surface area (Å²) in [5.74, 6) is 0.235. The van der Waals surface area contributed by atoms with Crippen molar-refractivity contribution in [2.45, 2.75) is 57.6 Å². The molecular weight excluding hydrogens is 402 g/mol. The Kier molecular flexibility index (Phi) is 7.64. The van der Waals surface area contributed by atoms with Gasteiger partial charge in [-0.1, -0.05) is 48.8 Å². The van der Waals surface area contributed by atoms with Crippen molar-refractivity contribution >= 4 is 15.7 Å². The van der Waals surface area contributed by atoms with Crippen LogP contribution in [-0.4, -0.2) is 48.2 Å². The fourth-order valence-corrected chi connectivity index (χ4v) is 4.92. The van der Waals surface area contributed by atoms with Gasteiger partial charge < -0.3 is 9.42 Å². The number of carbonyl (C=O) groups is 1. The highest BCUT2D eigenvalue weighted by molar-refractivity contribution is 7.92. The standard InChI is InChI=1S/C22H31N3O4S/c1-3-4-10-20-23-22(29-24-20)17(2)30(27,28)16-21(26)25-13-11-19(12-14-25)15-18-8-6-5-7-9-18/h5-9,17,19H,3-4,10-16H2,1-2H3. The van der Waals surface area contributed by atoms with Gasteiger partial charge in [0.05, 0.1) is 0 Å². The van der Waals surface area contributed by atoms with E-state index in [0.29, 0.717) is 31.3 Å². The van der Waals surface area contributed by atoms with Gasteiger partial charge in [0.1, 0.15) is 11.0 Å². The minimum atomic E-state index is -3.72. The molecule has 8 heteroatoms. The number of unbranched alkanes of at least 4 members (excludes halogenated alkanes) is 1. The topological polar surface area (TPSA) is 93.4 Å². The second-order valence-electron chi connectivity index (χ2n) is 8.12.